The molecule has 0 aromatic heterocycles. The first-order chi connectivity index (χ1) is 9.90. The maximum absolute atomic E-state index is 13.9. The number of para-hydroxylation sites is 1. The predicted molar refractivity (Wildman–Crippen MR) is 74.9 cm³/mol. The van der Waals surface area contributed by atoms with Crippen molar-refractivity contribution in [2.45, 2.75) is 20.0 Å². The maximum atomic E-state index is 13.9. The molecule has 0 saturated heterocycles. The van der Waals surface area contributed by atoms with E-state index in [1.165, 1.54) is 13.0 Å². The Kier molecular flexibility index (Phi) is 4.18. The Morgan fingerprint density at radius 1 is 1.29 bits per heavy atom. The molecule has 0 fully saturated rings. The van der Waals surface area contributed by atoms with Crippen LogP contribution in [-0.2, 0) is 0 Å². The Morgan fingerprint density at radius 2 is 1.95 bits per heavy atom. The van der Waals surface area contributed by atoms with E-state index < -0.39 is 16.8 Å². The van der Waals surface area contributed by atoms with Gasteiger partial charge in [-0.15, -0.1) is 0 Å². The molecule has 2 aromatic rings. The van der Waals surface area contributed by atoms with E-state index in [4.69, 9.17) is 4.74 Å². The highest BCUT2D eigenvalue weighted by Gasteiger charge is 2.18. The van der Waals surface area contributed by atoms with Crippen LogP contribution in [0.15, 0.2) is 36.4 Å². The average molecular weight is 291 g/mol. The van der Waals surface area contributed by atoms with Crippen molar-refractivity contribution in [2.24, 2.45) is 0 Å². The highest BCUT2D eigenvalue weighted by atomic mass is 19.1. The number of halogens is 1. The first-order valence-corrected chi connectivity index (χ1v) is 6.29. The van der Waals surface area contributed by atoms with Crippen molar-refractivity contribution < 1.29 is 19.2 Å². The van der Waals surface area contributed by atoms with E-state index in [2.05, 4.69) is 0 Å². The number of benzene rings is 2. The third-order valence-electron chi connectivity index (χ3n) is 3.04. The SMILES string of the molecule is Cc1cc(Oc2ccccc2C(C)O)c(F)cc1[N+](=O)[O-]. The lowest BCUT2D eigenvalue weighted by molar-refractivity contribution is -0.385. The topological polar surface area (TPSA) is 72.6 Å². The summed E-state index contributed by atoms with van der Waals surface area (Å²) in [4.78, 5) is 10.1. The molecule has 1 atom stereocenters. The minimum absolute atomic E-state index is 0.119. The van der Waals surface area contributed by atoms with Gasteiger partial charge < -0.3 is 9.84 Å². The monoisotopic (exact) mass is 291 g/mol. The number of nitro benzene ring substituents is 1. The second-order valence-electron chi connectivity index (χ2n) is 4.64. The van der Waals surface area contributed by atoms with Crippen molar-refractivity contribution in [1.82, 2.24) is 0 Å². The Hall–Kier alpha value is -2.47. The number of nitro groups is 1. The van der Waals surface area contributed by atoms with Crippen LogP contribution in [0.2, 0.25) is 0 Å². The van der Waals surface area contributed by atoms with Crippen molar-refractivity contribution in [1.29, 1.82) is 0 Å². The lowest BCUT2D eigenvalue weighted by Crippen LogP contribution is -1.99. The van der Waals surface area contributed by atoms with Crippen LogP contribution >= 0.6 is 0 Å². The van der Waals surface area contributed by atoms with Crippen LogP contribution < -0.4 is 4.74 Å². The quantitative estimate of drug-likeness (QED) is 0.685. The zero-order chi connectivity index (χ0) is 15.6. The van der Waals surface area contributed by atoms with Crippen molar-refractivity contribution in [3.63, 3.8) is 0 Å². The van der Waals surface area contributed by atoms with Crippen LogP contribution in [0.1, 0.15) is 24.2 Å². The highest BCUT2D eigenvalue weighted by Crippen LogP contribution is 2.33. The van der Waals surface area contributed by atoms with E-state index in [1.807, 2.05) is 0 Å². The molecule has 5 nitrogen and oxygen atoms in total. The molecule has 110 valence electrons. The van der Waals surface area contributed by atoms with Crippen LogP contribution in [0.4, 0.5) is 10.1 Å². The molecule has 0 saturated carbocycles. The van der Waals surface area contributed by atoms with Crippen molar-refractivity contribution >= 4 is 5.69 Å². The van der Waals surface area contributed by atoms with Gasteiger partial charge in [0.25, 0.3) is 5.69 Å². The molecule has 0 radical (unpaired) electrons. The lowest BCUT2D eigenvalue weighted by atomic mass is 10.1. The summed E-state index contributed by atoms with van der Waals surface area (Å²) in [5.41, 5.74) is 0.502. The second-order valence-corrected chi connectivity index (χ2v) is 4.64. The fraction of sp³-hybridized carbons (Fsp3) is 0.200. The molecular formula is C15H14FNO4. The summed E-state index contributed by atoms with van der Waals surface area (Å²) in [7, 11) is 0. The third-order valence-corrected chi connectivity index (χ3v) is 3.04. The molecular weight excluding hydrogens is 277 g/mol. The molecule has 2 rings (SSSR count). The third kappa shape index (κ3) is 3.17. The van der Waals surface area contributed by atoms with E-state index in [-0.39, 0.29) is 11.4 Å². The van der Waals surface area contributed by atoms with Gasteiger partial charge in [-0.1, -0.05) is 18.2 Å². The summed E-state index contributed by atoms with van der Waals surface area (Å²) in [6.07, 6.45) is -0.775. The molecule has 1 N–H and O–H groups in total. The Labute approximate surface area is 120 Å². The molecule has 2 aromatic carbocycles. The standard InChI is InChI=1S/C15H14FNO4/c1-9-7-15(12(16)8-13(9)17(19)20)21-14-6-4-3-5-11(14)10(2)18/h3-8,10,18H,1-2H3. The number of rotatable bonds is 4. The predicted octanol–water partition coefficient (Wildman–Crippen LogP) is 3.89. The van der Waals surface area contributed by atoms with Gasteiger partial charge in [-0.25, -0.2) is 4.39 Å². The summed E-state index contributed by atoms with van der Waals surface area (Å²) >= 11 is 0. The van der Waals surface area contributed by atoms with Gasteiger partial charge in [0.05, 0.1) is 17.1 Å². The summed E-state index contributed by atoms with van der Waals surface area (Å²) in [6, 6.07) is 8.78. The first kappa shape index (κ1) is 14.9. The van der Waals surface area contributed by atoms with E-state index in [1.54, 1.807) is 31.2 Å². The normalized spacial score (nSPS) is 12.0. The van der Waals surface area contributed by atoms with Crippen molar-refractivity contribution in [3.05, 3.63) is 63.5 Å². The van der Waals surface area contributed by atoms with Gasteiger partial charge in [0.2, 0.25) is 0 Å². The maximum Gasteiger partial charge on any atom is 0.275 e. The molecule has 0 bridgehead atoms. The number of aryl methyl sites for hydroxylation is 1. The van der Waals surface area contributed by atoms with Gasteiger partial charge in [0.15, 0.2) is 11.6 Å². The number of aliphatic hydroxyl groups is 1. The lowest BCUT2D eigenvalue weighted by Gasteiger charge is -2.13. The van der Waals surface area contributed by atoms with Gasteiger partial charge in [-0.3, -0.25) is 10.1 Å². The average Bonchev–Trinajstić information content (AvgIpc) is 2.42. The summed E-state index contributed by atoms with van der Waals surface area (Å²) in [5.74, 6) is -0.640. The van der Waals surface area contributed by atoms with Gasteiger partial charge in [0.1, 0.15) is 5.75 Å². The summed E-state index contributed by atoms with van der Waals surface area (Å²) < 4.78 is 19.4. The van der Waals surface area contributed by atoms with Crippen molar-refractivity contribution in [3.8, 4) is 11.5 Å². The molecule has 21 heavy (non-hydrogen) atoms. The zero-order valence-corrected chi connectivity index (χ0v) is 11.5. The summed E-state index contributed by atoms with van der Waals surface area (Å²) in [6.45, 7) is 3.07. The molecule has 6 heteroatoms. The Balaban J connectivity index is 2.41. The first-order valence-electron chi connectivity index (χ1n) is 6.29. The molecule has 0 heterocycles. The van der Waals surface area contributed by atoms with E-state index in [0.29, 0.717) is 16.9 Å². The molecule has 0 aliphatic heterocycles. The van der Waals surface area contributed by atoms with Crippen LogP contribution in [0.5, 0.6) is 11.5 Å². The summed E-state index contributed by atoms with van der Waals surface area (Å²) in [5, 5.41) is 20.4. The Morgan fingerprint density at radius 3 is 2.57 bits per heavy atom. The zero-order valence-electron chi connectivity index (χ0n) is 11.5. The number of aliphatic hydroxyl groups excluding tert-OH is 1. The van der Waals surface area contributed by atoms with Gasteiger partial charge in [-0.05, 0) is 26.0 Å². The second kappa shape index (κ2) is 5.88. The molecule has 0 aliphatic carbocycles. The Bertz CT molecular complexity index is 685. The molecule has 0 amide bonds. The van der Waals surface area contributed by atoms with Crippen molar-refractivity contribution in [2.75, 3.05) is 0 Å². The highest BCUT2D eigenvalue weighted by molar-refractivity contribution is 5.47. The van der Waals surface area contributed by atoms with Gasteiger partial charge >= 0.3 is 0 Å². The minimum atomic E-state index is -0.826. The fourth-order valence-electron chi connectivity index (χ4n) is 1.96. The van der Waals surface area contributed by atoms with Gasteiger partial charge in [-0.2, -0.15) is 0 Å². The van der Waals surface area contributed by atoms with Crippen LogP contribution in [0.25, 0.3) is 0 Å². The molecule has 0 spiro atoms. The largest absolute Gasteiger partial charge is 0.454 e. The van der Waals surface area contributed by atoms with E-state index >= 15 is 0 Å². The number of ether oxygens (including phenoxy) is 1. The van der Waals surface area contributed by atoms with E-state index in [0.717, 1.165) is 6.07 Å². The molecule has 1 unspecified atom stereocenters. The number of hydrogen-bond acceptors (Lipinski definition) is 4. The van der Waals surface area contributed by atoms with E-state index in [9.17, 15) is 19.6 Å². The smallest absolute Gasteiger partial charge is 0.275 e. The van der Waals surface area contributed by atoms with Gasteiger partial charge in [0, 0.05) is 11.1 Å². The minimum Gasteiger partial charge on any atom is -0.454 e. The molecule has 0 aliphatic rings. The number of nitrogens with zero attached hydrogens (tertiary/aromatic N) is 1. The fourth-order valence-corrected chi connectivity index (χ4v) is 1.96. The van der Waals surface area contributed by atoms with Crippen LogP contribution in [-0.4, -0.2) is 10.0 Å². The van der Waals surface area contributed by atoms with Crippen LogP contribution in [0.3, 0.4) is 0 Å². The van der Waals surface area contributed by atoms with Crippen LogP contribution in [0, 0.1) is 22.9 Å². The number of hydrogen-bond donors (Lipinski definition) is 1.